The Morgan fingerprint density at radius 1 is 1.27 bits per heavy atom. The van der Waals surface area contributed by atoms with Crippen LogP contribution in [0.3, 0.4) is 0 Å². The zero-order valence-electron chi connectivity index (χ0n) is 26.8. The molecule has 0 bridgehead atoms. The molecule has 16 heteroatoms. The lowest BCUT2D eigenvalue weighted by Gasteiger charge is -2.25. The monoisotopic (exact) mass is 681 g/mol. The van der Waals surface area contributed by atoms with E-state index in [2.05, 4.69) is 20.0 Å². The van der Waals surface area contributed by atoms with Gasteiger partial charge < -0.3 is 29.7 Å². The van der Waals surface area contributed by atoms with Crippen molar-refractivity contribution in [3.8, 4) is 18.1 Å². The van der Waals surface area contributed by atoms with Gasteiger partial charge in [0.25, 0.3) is 0 Å². The fourth-order valence-corrected chi connectivity index (χ4v) is 7.09. The van der Waals surface area contributed by atoms with Gasteiger partial charge in [0, 0.05) is 18.5 Å². The van der Waals surface area contributed by atoms with Crippen LogP contribution in [-0.2, 0) is 23.4 Å². The first-order valence-corrected chi connectivity index (χ1v) is 17.0. The van der Waals surface area contributed by atoms with E-state index >= 15 is 4.39 Å². The van der Waals surface area contributed by atoms with Gasteiger partial charge in [-0.05, 0) is 45.1 Å². The van der Waals surface area contributed by atoms with Crippen LogP contribution in [0.15, 0.2) is 48.8 Å². The van der Waals surface area contributed by atoms with Crippen LogP contribution in [0.5, 0.6) is 5.75 Å². The average molecular weight is 682 g/mol. The van der Waals surface area contributed by atoms with E-state index in [1.165, 1.54) is 17.8 Å². The summed E-state index contributed by atoms with van der Waals surface area (Å²) in [7, 11) is -2.59. The van der Waals surface area contributed by atoms with Crippen molar-refractivity contribution in [1.29, 1.82) is 0 Å². The van der Waals surface area contributed by atoms with Gasteiger partial charge in [-0.2, -0.15) is 15.1 Å². The third-order valence-corrected chi connectivity index (χ3v) is 9.83. The van der Waals surface area contributed by atoms with Crippen LogP contribution < -0.4 is 20.2 Å². The van der Waals surface area contributed by atoms with Crippen LogP contribution in [0, 0.1) is 12.3 Å². The summed E-state index contributed by atoms with van der Waals surface area (Å²) in [6, 6.07) is 11.5. The van der Waals surface area contributed by atoms with Gasteiger partial charge in [-0.15, -0.1) is 6.42 Å². The number of carbonyl (C=O) groups excluding carboxylic acids is 1. The smallest absolute Gasteiger partial charge is 0.459 e. The summed E-state index contributed by atoms with van der Waals surface area (Å²) >= 11 is 0. The van der Waals surface area contributed by atoms with Gasteiger partial charge >= 0.3 is 13.7 Å². The van der Waals surface area contributed by atoms with E-state index in [1.807, 2.05) is 36.1 Å². The predicted molar refractivity (Wildman–Crippen MR) is 176 cm³/mol. The number of benzene rings is 2. The number of nitrogens with two attached hydrogens (primary N) is 1. The van der Waals surface area contributed by atoms with Gasteiger partial charge in [0.1, 0.15) is 24.0 Å². The second kappa shape index (κ2) is 12.9. The number of aliphatic hydroxyl groups excluding tert-OH is 1. The highest BCUT2D eigenvalue weighted by molar-refractivity contribution is 7.52. The summed E-state index contributed by atoms with van der Waals surface area (Å²) in [5, 5.41) is 15.2. The molecule has 4 aromatic rings. The number of fused-ring (bicyclic) bond motifs is 2. The fourth-order valence-electron chi connectivity index (χ4n) is 5.57. The molecule has 4 N–H and O–H groups in total. The predicted octanol–water partition coefficient (Wildman–Crippen LogP) is 3.89. The van der Waals surface area contributed by atoms with Crippen molar-refractivity contribution in [2.75, 3.05) is 24.3 Å². The summed E-state index contributed by atoms with van der Waals surface area (Å²) < 4.78 is 55.0. The molecule has 0 unspecified atom stereocenters. The van der Waals surface area contributed by atoms with E-state index in [-0.39, 0.29) is 23.4 Å². The molecule has 254 valence electrons. The summed E-state index contributed by atoms with van der Waals surface area (Å²) in [4.78, 5) is 27.6. The molecule has 1 saturated carbocycles. The molecule has 1 aliphatic heterocycles. The van der Waals surface area contributed by atoms with Crippen molar-refractivity contribution < 1.29 is 37.4 Å². The molecule has 14 nitrogen and oxygen atoms in total. The number of rotatable bonds is 12. The number of hydrogen-bond donors (Lipinski definition) is 3. The number of hydrogen-bond acceptors (Lipinski definition) is 12. The van der Waals surface area contributed by atoms with E-state index in [0.29, 0.717) is 16.7 Å². The van der Waals surface area contributed by atoms with Crippen LogP contribution in [0.2, 0.25) is 0 Å². The number of terminal acetylenes is 1. The summed E-state index contributed by atoms with van der Waals surface area (Å²) in [5.41, 5.74) is 3.71. The number of nitrogens with zero attached hydrogens (tertiary/aromatic N) is 5. The van der Waals surface area contributed by atoms with Crippen LogP contribution in [0.4, 0.5) is 16.2 Å². The molecule has 0 radical (unpaired) electrons. The number of ether oxygens (including phenoxy) is 2. The number of imidazole rings is 1. The van der Waals surface area contributed by atoms with Crippen molar-refractivity contribution in [2.24, 2.45) is 0 Å². The van der Waals surface area contributed by atoms with Gasteiger partial charge in [0.2, 0.25) is 11.6 Å². The highest BCUT2D eigenvalue weighted by Gasteiger charge is 2.58. The van der Waals surface area contributed by atoms with E-state index in [0.717, 1.165) is 18.2 Å². The third kappa shape index (κ3) is 6.42. The van der Waals surface area contributed by atoms with E-state index in [1.54, 1.807) is 38.1 Å². The minimum Gasteiger partial charge on any atom is -0.462 e. The normalized spacial score (nSPS) is 24.3. The minimum absolute atomic E-state index is 0.0712. The first-order valence-electron chi connectivity index (χ1n) is 15.5. The summed E-state index contributed by atoms with van der Waals surface area (Å²) in [6.45, 7) is 4.12. The standard InChI is InChI=1S/C32H37FN7O7P/c1-6-32(33)26(41)24(46-30(32)40-17-35-25-27(39(5)21-14-15-21)36-31(34)37-28(25)40)16-44-48(43,38-19(4)29(42)45-18(2)3)47-23-13-9-11-20-10-7-8-12-22(20)23/h1,7-13,17-19,21,24,26,30,41H,14-16H2,2-5H3,(H,38,43)(H2,34,36,37)/t19-,24+,26+,30+,32+,48-/m0/s1. The molecule has 0 amide bonds. The number of alkyl halides is 1. The zero-order valence-corrected chi connectivity index (χ0v) is 27.7. The Kier molecular flexibility index (Phi) is 9.06. The lowest BCUT2D eigenvalue weighted by molar-refractivity contribution is -0.149. The van der Waals surface area contributed by atoms with E-state index in [9.17, 15) is 14.5 Å². The number of aromatic nitrogens is 4. The number of nitrogen functional groups attached to an aromatic ring is 1. The molecule has 1 saturated heterocycles. The lowest BCUT2D eigenvalue weighted by atomic mass is 9.97. The molecule has 3 heterocycles. The maximum atomic E-state index is 16.5. The van der Waals surface area contributed by atoms with Crippen molar-refractivity contribution in [3.05, 3.63) is 48.8 Å². The first-order chi connectivity index (χ1) is 22.8. The number of halogens is 1. The van der Waals surface area contributed by atoms with E-state index < -0.39 is 56.6 Å². The molecule has 2 aromatic carbocycles. The SMILES string of the molecule is C#C[C@@]1(F)[C@H](O)[C@@H](CO[P@@](=O)(N[C@@H](C)C(=O)OC(C)C)Oc2cccc3ccccc23)O[C@H]1n1cnc2c(N(C)C3CC3)nc(N)nc21. The van der Waals surface area contributed by atoms with Gasteiger partial charge in [-0.25, -0.2) is 13.9 Å². The molecule has 2 aliphatic rings. The molecular formula is C32H37FN7O7P. The third-order valence-electron chi connectivity index (χ3n) is 8.20. The molecule has 6 rings (SSSR count). The molecule has 0 spiro atoms. The van der Waals surface area contributed by atoms with Crippen molar-refractivity contribution >= 4 is 47.4 Å². The van der Waals surface area contributed by atoms with Gasteiger partial charge in [-0.3, -0.25) is 13.9 Å². The highest BCUT2D eigenvalue weighted by atomic mass is 31.2. The topological polar surface area (TPSA) is 176 Å². The summed E-state index contributed by atoms with van der Waals surface area (Å²) in [5.74, 6) is 1.89. The quantitative estimate of drug-likeness (QED) is 0.112. The molecule has 2 fully saturated rings. The Morgan fingerprint density at radius 2 is 2.00 bits per heavy atom. The van der Waals surface area contributed by atoms with E-state index in [4.69, 9.17) is 30.7 Å². The number of aliphatic hydroxyl groups is 1. The zero-order chi connectivity index (χ0) is 34.4. The lowest BCUT2D eigenvalue weighted by Crippen LogP contribution is -2.42. The Labute approximate surface area is 276 Å². The number of carbonyl (C=O) groups is 1. The number of esters is 1. The van der Waals surface area contributed by atoms with Gasteiger partial charge in [0.15, 0.2) is 23.2 Å². The van der Waals surface area contributed by atoms with Crippen molar-refractivity contribution in [1.82, 2.24) is 24.6 Å². The number of anilines is 2. The van der Waals surface area contributed by atoms with Crippen molar-refractivity contribution in [3.63, 3.8) is 0 Å². The number of nitrogens with one attached hydrogen (secondary N) is 1. The Morgan fingerprint density at radius 3 is 2.71 bits per heavy atom. The molecule has 2 aromatic heterocycles. The largest absolute Gasteiger partial charge is 0.462 e. The maximum absolute atomic E-state index is 16.5. The Balaban J connectivity index is 1.29. The molecule has 6 atom stereocenters. The van der Waals surface area contributed by atoms with Crippen LogP contribution in [-0.4, -0.2) is 80.3 Å². The molecule has 1 aliphatic carbocycles. The maximum Gasteiger partial charge on any atom is 0.459 e. The molecular weight excluding hydrogens is 644 g/mol. The Hall–Kier alpha value is -4.32. The minimum atomic E-state index is -4.45. The Bertz CT molecular complexity index is 1930. The second-order valence-electron chi connectivity index (χ2n) is 12.2. The average Bonchev–Trinajstić information content (AvgIpc) is 3.78. The highest BCUT2D eigenvalue weighted by Crippen LogP contribution is 2.49. The van der Waals surface area contributed by atoms with Crippen molar-refractivity contribution in [2.45, 2.75) is 75.9 Å². The second-order valence-corrected chi connectivity index (χ2v) is 13.8. The van der Waals surface area contributed by atoms with Crippen LogP contribution in [0.25, 0.3) is 21.9 Å². The fraction of sp³-hybridized carbons (Fsp3) is 0.438. The van der Waals surface area contributed by atoms with Crippen LogP contribution in [0.1, 0.15) is 39.8 Å². The molecule has 48 heavy (non-hydrogen) atoms. The van der Waals surface area contributed by atoms with Crippen LogP contribution >= 0.6 is 7.75 Å². The first kappa shape index (κ1) is 33.6. The van der Waals surface area contributed by atoms with Gasteiger partial charge in [-0.1, -0.05) is 42.3 Å². The summed E-state index contributed by atoms with van der Waals surface area (Å²) in [6.07, 6.45) is 3.42. The van der Waals surface area contributed by atoms with Gasteiger partial charge in [0.05, 0.1) is 19.0 Å².